The van der Waals surface area contributed by atoms with Crippen molar-refractivity contribution in [3.05, 3.63) is 11.6 Å². The van der Waals surface area contributed by atoms with E-state index in [0.717, 1.165) is 41.9 Å². The lowest BCUT2D eigenvalue weighted by Crippen LogP contribution is -2.50. The SMILES string of the molecule is CC#CO[C@H]1CC[C@@]2(C)C(=CC[C@H]3[C@@H]4CC[C@H]([C@H](C)CCCC(C)C)[C@@]4(C)CC[C@@H]32)C1. The van der Waals surface area contributed by atoms with Crippen molar-refractivity contribution in [3.8, 4) is 12.0 Å². The molecule has 4 aliphatic carbocycles. The van der Waals surface area contributed by atoms with Crippen LogP contribution in [0.2, 0.25) is 0 Å². The molecule has 0 aliphatic heterocycles. The molecule has 0 bridgehead atoms. The summed E-state index contributed by atoms with van der Waals surface area (Å²) in [5, 5.41) is 0. The van der Waals surface area contributed by atoms with Crippen LogP contribution in [0, 0.1) is 58.4 Å². The quantitative estimate of drug-likeness (QED) is 0.307. The highest BCUT2D eigenvalue weighted by Crippen LogP contribution is 2.67. The fourth-order valence-corrected chi connectivity index (χ4v) is 8.89. The third kappa shape index (κ3) is 4.23. The molecule has 4 rings (SSSR count). The van der Waals surface area contributed by atoms with E-state index in [1.165, 1.54) is 64.2 Å². The highest BCUT2D eigenvalue weighted by Gasteiger charge is 2.59. The summed E-state index contributed by atoms with van der Waals surface area (Å²) in [5.74, 6) is 8.41. The van der Waals surface area contributed by atoms with Gasteiger partial charge in [0.2, 0.25) is 0 Å². The van der Waals surface area contributed by atoms with Crippen LogP contribution in [0.3, 0.4) is 0 Å². The van der Waals surface area contributed by atoms with E-state index in [-0.39, 0.29) is 0 Å². The van der Waals surface area contributed by atoms with Crippen LogP contribution >= 0.6 is 0 Å². The maximum absolute atomic E-state index is 5.83. The monoisotopic (exact) mass is 424 g/mol. The van der Waals surface area contributed by atoms with Gasteiger partial charge in [0.15, 0.2) is 0 Å². The summed E-state index contributed by atoms with van der Waals surface area (Å²) in [6.45, 7) is 14.5. The Morgan fingerprint density at radius 3 is 2.58 bits per heavy atom. The second-order valence-corrected chi connectivity index (χ2v) is 12.6. The van der Waals surface area contributed by atoms with Gasteiger partial charge in [0, 0.05) is 13.3 Å². The van der Waals surface area contributed by atoms with Gasteiger partial charge >= 0.3 is 0 Å². The molecule has 1 heteroatoms. The highest BCUT2D eigenvalue weighted by atomic mass is 16.5. The summed E-state index contributed by atoms with van der Waals surface area (Å²) in [7, 11) is 0. The number of hydrogen-bond donors (Lipinski definition) is 0. The molecular weight excluding hydrogens is 376 g/mol. The largest absolute Gasteiger partial charge is 0.443 e. The average Bonchev–Trinajstić information content (AvgIpc) is 3.09. The summed E-state index contributed by atoms with van der Waals surface area (Å²) in [4.78, 5) is 0. The van der Waals surface area contributed by atoms with Gasteiger partial charge in [-0.2, -0.15) is 0 Å². The van der Waals surface area contributed by atoms with Crippen LogP contribution in [-0.4, -0.2) is 6.10 Å². The first kappa shape index (κ1) is 23.3. The van der Waals surface area contributed by atoms with Gasteiger partial charge < -0.3 is 4.74 Å². The highest BCUT2D eigenvalue weighted by molar-refractivity contribution is 5.25. The predicted molar refractivity (Wildman–Crippen MR) is 131 cm³/mol. The summed E-state index contributed by atoms with van der Waals surface area (Å²) >= 11 is 0. The van der Waals surface area contributed by atoms with E-state index in [9.17, 15) is 0 Å². The topological polar surface area (TPSA) is 9.23 Å². The fraction of sp³-hybridized carbons (Fsp3) is 0.867. The van der Waals surface area contributed by atoms with Crippen LogP contribution in [0.1, 0.15) is 112 Å². The molecule has 31 heavy (non-hydrogen) atoms. The minimum absolute atomic E-state index is 0.319. The first-order valence-corrected chi connectivity index (χ1v) is 13.6. The van der Waals surface area contributed by atoms with Crippen LogP contribution in [0.5, 0.6) is 0 Å². The fourth-order valence-electron chi connectivity index (χ4n) is 8.89. The minimum Gasteiger partial charge on any atom is -0.443 e. The van der Waals surface area contributed by atoms with Gasteiger partial charge in [0.1, 0.15) is 12.2 Å². The molecule has 1 nitrogen and oxygen atoms in total. The standard InChI is InChI=1S/C30H48O/c1-7-19-31-24-15-17-29(5)23(20-24)11-12-25-27-14-13-26(22(4)10-8-9-21(2)3)30(27,6)18-16-28(25)29/h11,21-22,24-28H,8-10,12-18,20H2,1-6H3/t22-,24+,25+,26-,27+,28+,29+,30-/m1/s1. The molecule has 0 radical (unpaired) electrons. The van der Waals surface area contributed by atoms with E-state index >= 15 is 0 Å². The van der Waals surface area contributed by atoms with E-state index in [1.807, 2.05) is 6.92 Å². The Morgan fingerprint density at radius 1 is 1.03 bits per heavy atom. The number of fused-ring (bicyclic) bond motifs is 5. The first-order chi connectivity index (χ1) is 14.8. The maximum atomic E-state index is 5.83. The van der Waals surface area contributed by atoms with Crippen molar-refractivity contribution >= 4 is 0 Å². The Hall–Kier alpha value is -0.900. The van der Waals surface area contributed by atoms with E-state index < -0.39 is 0 Å². The molecule has 0 aromatic carbocycles. The first-order valence-electron chi connectivity index (χ1n) is 13.6. The molecule has 0 heterocycles. The van der Waals surface area contributed by atoms with Crippen molar-refractivity contribution in [2.45, 2.75) is 118 Å². The van der Waals surface area contributed by atoms with E-state index in [4.69, 9.17) is 4.74 Å². The Labute approximate surface area is 193 Å². The van der Waals surface area contributed by atoms with Crippen LogP contribution in [0.15, 0.2) is 11.6 Å². The third-order valence-electron chi connectivity index (χ3n) is 10.6. The van der Waals surface area contributed by atoms with Crippen molar-refractivity contribution in [1.29, 1.82) is 0 Å². The lowest BCUT2D eigenvalue weighted by molar-refractivity contribution is -0.0572. The molecule has 8 atom stereocenters. The normalized spacial score (nSPS) is 42.5. The van der Waals surface area contributed by atoms with Crippen molar-refractivity contribution in [1.82, 2.24) is 0 Å². The maximum Gasteiger partial charge on any atom is 0.114 e. The van der Waals surface area contributed by atoms with Crippen molar-refractivity contribution in [3.63, 3.8) is 0 Å². The molecule has 4 aliphatic rings. The van der Waals surface area contributed by atoms with Gasteiger partial charge in [-0.1, -0.05) is 71.5 Å². The van der Waals surface area contributed by atoms with Gasteiger partial charge in [-0.25, -0.2) is 0 Å². The second-order valence-electron chi connectivity index (χ2n) is 12.6. The molecule has 3 saturated carbocycles. The molecule has 0 unspecified atom stereocenters. The number of ether oxygens (including phenoxy) is 1. The van der Waals surface area contributed by atoms with E-state index in [0.29, 0.717) is 16.9 Å². The molecule has 174 valence electrons. The Kier molecular flexibility index (Phi) is 6.87. The summed E-state index contributed by atoms with van der Waals surface area (Å²) < 4.78 is 5.83. The van der Waals surface area contributed by atoms with Crippen LogP contribution in [0.4, 0.5) is 0 Å². The zero-order valence-electron chi connectivity index (χ0n) is 21.3. The molecule has 0 aromatic heterocycles. The zero-order chi connectivity index (χ0) is 22.2. The van der Waals surface area contributed by atoms with Gasteiger partial charge in [0.25, 0.3) is 0 Å². The summed E-state index contributed by atoms with van der Waals surface area (Å²) in [6, 6.07) is 0. The van der Waals surface area contributed by atoms with Crippen molar-refractivity contribution < 1.29 is 4.74 Å². The Bertz CT molecular complexity index is 722. The van der Waals surface area contributed by atoms with Gasteiger partial charge in [-0.05, 0) is 91.3 Å². The lowest BCUT2D eigenvalue weighted by atomic mass is 9.47. The van der Waals surface area contributed by atoms with E-state index in [1.54, 1.807) is 5.57 Å². The van der Waals surface area contributed by atoms with Gasteiger partial charge in [-0.15, -0.1) is 0 Å². The Morgan fingerprint density at radius 2 is 1.84 bits per heavy atom. The zero-order valence-corrected chi connectivity index (χ0v) is 21.3. The van der Waals surface area contributed by atoms with Gasteiger partial charge in [0.05, 0.1) is 0 Å². The molecule has 0 N–H and O–H groups in total. The van der Waals surface area contributed by atoms with Gasteiger partial charge in [-0.3, -0.25) is 0 Å². The molecule has 0 saturated heterocycles. The lowest BCUT2D eigenvalue weighted by Gasteiger charge is -2.58. The Balaban J connectivity index is 1.46. The van der Waals surface area contributed by atoms with Crippen LogP contribution in [0.25, 0.3) is 0 Å². The molecule has 0 amide bonds. The number of hydrogen-bond acceptors (Lipinski definition) is 1. The summed E-state index contributed by atoms with van der Waals surface area (Å²) in [5.41, 5.74) is 2.73. The molecule has 0 aromatic rings. The number of rotatable bonds is 6. The minimum atomic E-state index is 0.319. The predicted octanol–water partition coefficient (Wildman–Crippen LogP) is 8.39. The smallest absolute Gasteiger partial charge is 0.114 e. The average molecular weight is 425 g/mol. The summed E-state index contributed by atoms with van der Waals surface area (Å²) in [6.07, 6.45) is 21.0. The number of allylic oxidation sites excluding steroid dienone is 1. The van der Waals surface area contributed by atoms with Crippen LogP contribution < -0.4 is 0 Å². The van der Waals surface area contributed by atoms with Crippen molar-refractivity contribution in [2.75, 3.05) is 0 Å². The molecule has 0 spiro atoms. The van der Waals surface area contributed by atoms with Crippen molar-refractivity contribution in [2.24, 2.45) is 46.3 Å². The molecule has 3 fully saturated rings. The second kappa shape index (κ2) is 9.15. The molecular formula is C30H48O. The van der Waals surface area contributed by atoms with Crippen LogP contribution in [-0.2, 0) is 4.74 Å². The van der Waals surface area contributed by atoms with E-state index in [2.05, 4.69) is 52.7 Å². The third-order valence-corrected chi connectivity index (χ3v) is 10.6.